The van der Waals surface area contributed by atoms with Crippen LogP contribution < -0.4 is 0 Å². The van der Waals surface area contributed by atoms with Crippen molar-refractivity contribution >= 4 is 41.1 Å². The third-order valence-electron chi connectivity index (χ3n) is 3.47. The van der Waals surface area contributed by atoms with Crippen LogP contribution in [0.5, 0.6) is 0 Å². The minimum Gasteiger partial charge on any atom is -0.439 e. The van der Waals surface area contributed by atoms with Crippen molar-refractivity contribution in [1.82, 2.24) is 9.80 Å². The summed E-state index contributed by atoms with van der Waals surface area (Å²) in [4.78, 5) is 37.7. The lowest BCUT2D eigenvalue weighted by molar-refractivity contribution is -0.129. The van der Waals surface area contributed by atoms with E-state index in [0.29, 0.717) is 28.7 Å². The van der Waals surface area contributed by atoms with Gasteiger partial charge in [0.2, 0.25) is 0 Å². The van der Waals surface area contributed by atoms with Crippen LogP contribution in [0.2, 0.25) is 10.0 Å². The summed E-state index contributed by atoms with van der Waals surface area (Å²) < 4.78 is 4.65. The molecule has 3 rings (SSSR count). The van der Waals surface area contributed by atoms with Crippen LogP contribution in [0.4, 0.5) is 4.79 Å². The lowest BCUT2D eigenvalue weighted by atomic mass is 10.1. The van der Waals surface area contributed by atoms with Gasteiger partial charge in [0.25, 0.3) is 11.8 Å². The Bertz CT molecular complexity index is 627. The van der Waals surface area contributed by atoms with Crippen molar-refractivity contribution in [2.45, 2.75) is 6.04 Å². The highest BCUT2D eigenvalue weighted by Gasteiger charge is 2.44. The van der Waals surface area contributed by atoms with Gasteiger partial charge in [0.1, 0.15) is 0 Å². The number of halogens is 2. The molecule has 0 N–H and O–H groups in total. The number of likely N-dealkylation sites (tertiary alicyclic amines) is 1. The van der Waals surface area contributed by atoms with Crippen LogP contribution in [0.15, 0.2) is 18.2 Å². The molecule has 2 heterocycles. The van der Waals surface area contributed by atoms with Crippen LogP contribution in [-0.2, 0) is 9.53 Å². The third kappa shape index (κ3) is 2.45. The van der Waals surface area contributed by atoms with E-state index in [2.05, 4.69) is 4.74 Å². The molecule has 0 spiro atoms. The Kier molecular flexibility index (Phi) is 3.51. The van der Waals surface area contributed by atoms with E-state index < -0.39 is 6.09 Å². The Labute approximate surface area is 130 Å². The average molecular weight is 329 g/mol. The number of hydrogen-bond donors (Lipinski definition) is 0. The van der Waals surface area contributed by atoms with Gasteiger partial charge in [-0.15, -0.1) is 0 Å². The summed E-state index contributed by atoms with van der Waals surface area (Å²) in [5.41, 5.74) is 0.415. The molecule has 1 aromatic carbocycles. The fourth-order valence-corrected chi connectivity index (χ4v) is 2.61. The lowest BCUT2D eigenvalue weighted by Crippen LogP contribution is -2.62. The summed E-state index contributed by atoms with van der Waals surface area (Å²) in [6.07, 6.45) is -0.647. The second kappa shape index (κ2) is 5.20. The second-order valence-corrected chi connectivity index (χ2v) is 5.63. The van der Waals surface area contributed by atoms with Crippen molar-refractivity contribution in [3.63, 3.8) is 0 Å². The number of amides is 3. The zero-order valence-electron chi connectivity index (χ0n) is 10.7. The number of imide groups is 1. The Morgan fingerprint density at radius 2 is 1.90 bits per heavy atom. The topological polar surface area (TPSA) is 66.9 Å². The summed E-state index contributed by atoms with van der Waals surface area (Å²) >= 11 is 11.7. The van der Waals surface area contributed by atoms with Gasteiger partial charge in [-0.25, -0.2) is 9.69 Å². The number of carbonyl (C=O) groups is 3. The number of benzene rings is 1. The molecule has 0 unspecified atom stereocenters. The SMILES string of the molecule is O=C(c1ccc(Cl)c(Cl)c1)N1CC(N2C(=O)COC2=O)C1. The number of cyclic esters (lactones) is 1. The van der Waals surface area contributed by atoms with Crippen LogP contribution >= 0.6 is 23.2 Å². The van der Waals surface area contributed by atoms with Crippen molar-refractivity contribution in [2.24, 2.45) is 0 Å². The first kappa shape index (κ1) is 14.2. The van der Waals surface area contributed by atoms with Crippen LogP contribution in [0.3, 0.4) is 0 Å². The first-order valence-electron chi connectivity index (χ1n) is 6.20. The standard InChI is InChI=1S/C13H10Cl2N2O4/c14-9-2-1-7(3-10(9)15)12(19)16-4-8(5-16)17-11(18)6-21-13(17)20/h1-3,8H,4-6H2. The Morgan fingerprint density at radius 1 is 1.19 bits per heavy atom. The van der Waals surface area contributed by atoms with Gasteiger partial charge in [-0.3, -0.25) is 9.59 Å². The molecular formula is C13H10Cl2N2O4. The highest BCUT2D eigenvalue weighted by Crippen LogP contribution is 2.26. The largest absolute Gasteiger partial charge is 0.439 e. The van der Waals surface area contributed by atoms with Gasteiger partial charge in [0.05, 0.1) is 16.1 Å². The molecule has 1 aromatic rings. The van der Waals surface area contributed by atoms with Gasteiger partial charge < -0.3 is 9.64 Å². The number of carbonyl (C=O) groups excluding carboxylic acids is 3. The first-order chi connectivity index (χ1) is 9.97. The lowest BCUT2D eigenvalue weighted by Gasteiger charge is -2.41. The van der Waals surface area contributed by atoms with Crippen LogP contribution in [-0.4, -0.2) is 53.4 Å². The summed E-state index contributed by atoms with van der Waals surface area (Å²) in [6.45, 7) is 0.357. The van der Waals surface area contributed by atoms with Crippen molar-refractivity contribution < 1.29 is 19.1 Å². The third-order valence-corrected chi connectivity index (χ3v) is 4.20. The van der Waals surface area contributed by atoms with Crippen molar-refractivity contribution in [2.75, 3.05) is 19.7 Å². The number of nitrogens with zero attached hydrogens (tertiary/aromatic N) is 2. The number of ether oxygens (including phenoxy) is 1. The smallest absolute Gasteiger partial charge is 0.417 e. The molecule has 2 aliphatic rings. The van der Waals surface area contributed by atoms with E-state index in [9.17, 15) is 14.4 Å². The molecule has 2 fully saturated rings. The van der Waals surface area contributed by atoms with Gasteiger partial charge in [-0.05, 0) is 18.2 Å². The summed E-state index contributed by atoms with van der Waals surface area (Å²) in [5, 5.41) is 0.679. The Morgan fingerprint density at radius 3 is 2.48 bits per heavy atom. The molecule has 21 heavy (non-hydrogen) atoms. The molecule has 2 saturated heterocycles. The Balaban J connectivity index is 1.65. The van der Waals surface area contributed by atoms with E-state index in [-0.39, 0.29) is 24.5 Å². The zero-order valence-corrected chi connectivity index (χ0v) is 12.2. The second-order valence-electron chi connectivity index (χ2n) is 4.81. The number of rotatable bonds is 2. The Hall–Kier alpha value is -1.79. The monoisotopic (exact) mass is 328 g/mol. The molecule has 2 aliphatic heterocycles. The fourth-order valence-electron chi connectivity index (χ4n) is 2.31. The molecule has 8 heteroatoms. The summed E-state index contributed by atoms with van der Waals surface area (Å²) in [7, 11) is 0. The van der Waals surface area contributed by atoms with E-state index >= 15 is 0 Å². The quantitative estimate of drug-likeness (QED) is 0.830. The molecular weight excluding hydrogens is 319 g/mol. The van der Waals surface area contributed by atoms with Crippen molar-refractivity contribution in [3.05, 3.63) is 33.8 Å². The molecule has 6 nitrogen and oxygen atoms in total. The molecule has 3 amide bonds. The van der Waals surface area contributed by atoms with E-state index in [1.54, 1.807) is 12.1 Å². The fraction of sp³-hybridized carbons (Fsp3) is 0.308. The highest BCUT2D eigenvalue weighted by atomic mass is 35.5. The van der Waals surface area contributed by atoms with Crippen LogP contribution in [0.1, 0.15) is 10.4 Å². The maximum atomic E-state index is 12.2. The van der Waals surface area contributed by atoms with E-state index in [1.807, 2.05) is 0 Å². The summed E-state index contributed by atoms with van der Waals surface area (Å²) in [6, 6.07) is 4.31. The first-order valence-corrected chi connectivity index (χ1v) is 6.96. The molecule has 0 bridgehead atoms. The van der Waals surface area contributed by atoms with Crippen molar-refractivity contribution in [1.29, 1.82) is 0 Å². The van der Waals surface area contributed by atoms with E-state index in [4.69, 9.17) is 23.2 Å². The van der Waals surface area contributed by atoms with E-state index in [0.717, 1.165) is 4.90 Å². The predicted molar refractivity (Wildman–Crippen MR) is 74.3 cm³/mol. The summed E-state index contributed by atoms with van der Waals surface area (Å²) in [5.74, 6) is -0.587. The van der Waals surface area contributed by atoms with Crippen LogP contribution in [0.25, 0.3) is 0 Å². The molecule has 0 aliphatic carbocycles. The van der Waals surface area contributed by atoms with Gasteiger partial charge >= 0.3 is 6.09 Å². The predicted octanol–water partition coefficient (Wildman–Crippen LogP) is 1.80. The molecule has 0 aromatic heterocycles. The maximum Gasteiger partial charge on any atom is 0.417 e. The molecule has 0 radical (unpaired) electrons. The molecule has 0 saturated carbocycles. The minimum atomic E-state index is -0.647. The van der Waals surface area contributed by atoms with Crippen molar-refractivity contribution in [3.8, 4) is 0 Å². The van der Waals surface area contributed by atoms with Gasteiger partial charge in [-0.2, -0.15) is 0 Å². The minimum absolute atomic E-state index is 0.218. The zero-order chi connectivity index (χ0) is 15.1. The van der Waals surface area contributed by atoms with Gasteiger partial charge in [0.15, 0.2) is 6.61 Å². The molecule has 110 valence electrons. The molecule has 0 atom stereocenters. The van der Waals surface area contributed by atoms with E-state index in [1.165, 1.54) is 11.0 Å². The maximum absolute atomic E-state index is 12.2. The van der Waals surface area contributed by atoms with Crippen LogP contribution in [0, 0.1) is 0 Å². The van der Waals surface area contributed by atoms with Gasteiger partial charge in [-0.1, -0.05) is 23.2 Å². The van der Waals surface area contributed by atoms with Gasteiger partial charge in [0, 0.05) is 18.7 Å². The average Bonchev–Trinajstić information content (AvgIpc) is 2.72. The normalized spacial score (nSPS) is 18.8. The number of hydrogen-bond acceptors (Lipinski definition) is 4. The highest BCUT2D eigenvalue weighted by molar-refractivity contribution is 6.42.